The first kappa shape index (κ1) is 28.6. The van der Waals surface area contributed by atoms with E-state index >= 15 is 0 Å². The molecule has 0 N–H and O–H groups in total. The normalized spacial score (nSPS) is 11.2. The number of halogens is 3. The Labute approximate surface area is 252 Å². The SMILES string of the molecule is FC(F)(F)Oc1ccc(-n2nc(-c3ccccc3)cc2-c2ccc(OCc3ccccc3)c(OCc3ccccc3)c2)cc1. The largest absolute Gasteiger partial charge is 0.573 e. The fraction of sp³-hybridized carbons (Fsp3) is 0.0833. The molecule has 5 nitrogen and oxygen atoms in total. The van der Waals surface area contributed by atoms with Gasteiger partial charge in [0.2, 0.25) is 0 Å². The average molecular weight is 593 g/mol. The van der Waals surface area contributed by atoms with Crippen molar-refractivity contribution < 1.29 is 27.4 Å². The lowest BCUT2D eigenvalue weighted by Gasteiger charge is -2.15. The van der Waals surface area contributed by atoms with Crippen molar-refractivity contribution in [1.82, 2.24) is 9.78 Å². The number of benzene rings is 5. The number of hydrogen-bond acceptors (Lipinski definition) is 4. The highest BCUT2D eigenvalue weighted by atomic mass is 19.4. The highest BCUT2D eigenvalue weighted by molar-refractivity contribution is 5.72. The van der Waals surface area contributed by atoms with Gasteiger partial charge in [-0.25, -0.2) is 4.68 Å². The van der Waals surface area contributed by atoms with Crippen LogP contribution in [0.5, 0.6) is 17.2 Å². The molecule has 0 aliphatic heterocycles. The van der Waals surface area contributed by atoms with E-state index in [9.17, 15) is 13.2 Å². The zero-order valence-corrected chi connectivity index (χ0v) is 23.4. The van der Waals surface area contributed by atoms with Gasteiger partial charge in [-0.05, 0) is 59.7 Å². The number of ether oxygens (including phenoxy) is 3. The summed E-state index contributed by atoms with van der Waals surface area (Å²) < 4.78 is 56.6. The third-order valence-corrected chi connectivity index (χ3v) is 6.81. The summed E-state index contributed by atoms with van der Waals surface area (Å²) in [5.41, 5.74) is 5.68. The van der Waals surface area contributed by atoms with E-state index in [-0.39, 0.29) is 5.75 Å². The summed E-state index contributed by atoms with van der Waals surface area (Å²) >= 11 is 0. The molecular formula is C36H27F3N2O3. The summed E-state index contributed by atoms with van der Waals surface area (Å²) in [6.07, 6.45) is -4.78. The van der Waals surface area contributed by atoms with Gasteiger partial charge in [0.05, 0.1) is 17.1 Å². The molecule has 6 rings (SSSR count). The average Bonchev–Trinajstić information content (AvgIpc) is 3.50. The van der Waals surface area contributed by atoms with Crippen molar-refractivity contribution in [3.63, 3.8) is 0 Å². The Morgan fingerprint density at radius 3 is 1.73 bits per heavy atom. The van der Waals surface area contributed by atoms with Crippen LogP contribution in [0, 0.1) is 0 Å². The third-order valence-electron chi connectivity index (χ3n) is 6.81. The highest BCUT2D eigenvalue weighted by Crippen LogP contribution is 2.36. The molecule has 1 aromatic heterocycles. The minimum Gasteiger partial charge on any atom is -0.485 e. The Morgan fingerprint density at radius 1 is 0.568 bits per heavy atom. The van der Waals surface area contributed by atoms with Crippen LogP contribution in [0.1, 0.15) is 11.1 Å². The van der Waals surface area contributed by atoms with E-state index in [2.05, 4.69) is 4.74 Å². The number of nitrogens with zero attached hydrogens (tertiary/aromatic N) is 2. The molecule has 0 unspecified atom stereocenters. The van der Waals surface area contributed by atoms with Gasteiger partial charge in [0, 0.05) is 11.1 Å². The lowest BCUT2D eigenvalue weighted by atomic mass is 10.1. The van der Waals surface area contributed by atoms with Gasteiger partial charge in [-0.2, -0.15) is 5.10 Å². The van der Waals surface area contributed by atoms with Crippen LogP contribution in [-0.2, 0) is 13.2 Å². The van der Waals surface area contributed by atoms with Crippen LogP contribution in [0.15, 0.2) is 140 Å². The Bertz CT molecular complexity index is 1810. The molecule has 0 saturated carbocycles. The second-order valence-corrected chi connectivity index (χ2v) is 9.94. The van der Waals surface area contributed by atoms with Gasteiger partial charge in [-0.15, -0.1) is 13.2 Å². The lowest BCUT2D eigenvalue weighted by Crippen LogP contribution is -2.17. The van der Waals surface area contributed by atoms with Gasteiger partial charge < -0.3 is 14.2 Å². The molecule has 1 heterocycles. The summed E-state index contributed by atoms with van der Waals surface area (Å²) in [4.78, 5) is 0. The fourth-order valence-electron chi connectivity index (χ4n) is 4.69. The maximum atomic E-state index is 12.8. The van der Waals surface area contributed by atoms with Gasteiger partial charge >= 0.3 is 6.36 Å². The van der Waals surface area contributed by atoms with Gasteiger partial charge in [0.15, 0.2) is 11.5 Å². The Hall–Kier alpha value is -5.50. The van der Waals surface area contributed by atoms with Crippen molar-refractivity contribution in [2.24, 2.45) is 0 Å². The van der Waals surface area contributed by atoms with E-state index in [0.717, 1.165) is 22.3 Å². The zero-order chi connectivity index (χ0) is 30.4. The number of aromatic nitrogens is 2. The van der Waals surface area contributed by atoms with Crippen LogP contribution in [-0.4, -0.2) is 16.1 Å². The summed E-state index contributed by atoms with van der Waals surface area (Å²) in [6, 6.07) is 42.6. The topological polar surface area (TPSA) is 45.5 Å². The van der Waals surface area contributed by atoms with Crippen molar-refractivity contribution in [1.29, 1.82) is 0 Å². The molecule has 0 spiro atoms. The molecule has 0 radical (unpaired) electrons. The molecule has 0 fully saturated rings. The molecular weight excluding hydrogens is 565 g/mol. The third kappa shape index (κ3) is 7.10. The van der Waals surface area contributed by atoms with Crippen LogP contribution in [0.25, 0.3) is 28.2 Å². The van der Waals surface area contributed by atoms with Crippen LogP contribution < -0.4 is 14.2 Å². The fourth-order valence-corrected chi connectivity index (χ4v) is 4.69. The Balaban J connectivity index is 1.39. The van der Waals surface area contributed by atoms with Crippen molar-refractivity contribution >= 4 is 0 Å². The van der Waals surface area contributed by atoms with Crippen LogP contribution in [0.4, 0.5) is 13.2 Å². The van der Waals surface area contributed by atoms with Gasteiger partial charge in [-0.3, -0.25) is 0 Å². The molecule has 5 aromatic carbocycles. The zero-order valence-electron chi connectivity index (χ0n) is 23.4. The summed E-state index contributed by atoms with van der Waals surface area (Å²) in [5, 5.41) is 4.83. The maximum Gasteiger partial charge on any atom is 0.573 e. The van der Waals surface area contributed by atoms with Crippen molar-refractivity contribution in [2.45, 2.75) is 19.6 Å². The molecule has 0 aliphatic carbocycles. The first-order valence-corrected chi connectivity index (χ1v) is 13.9. The van der Waals surface area contributed by atoms with Crippen molar-refractivity contribution in [2.75, 3.05) is 0 Å². The molecule has 44 heavy (non-hydrogen) atoms. The van der Waals surface area contributed by atoms with E-state index in [4.69, 9.17) is 14.6 Å². The Morgan fingerprint density at radius 2 is 1.14 bits per heavy atom. The van der Waals surface area contributed by atoms with E-state index in [0.29, 0.717) is 41.8 Å². The van der Waals surface area contributed by atoms with E-state index < -0.39 is 6.36 Å². The van der Waals surface area contributed by atoms with Crippen molar-refractivity contribution in [3.8, 4) is 45.5 Å². The lowest BCUT2D eigenvalue weighted by molar-refractivity contribution is -0.274. The Kier molecular flexibility index (Phi) is 8.32. The second-order valence-electron chi connectivity index (χ2n) is 9.94. The standard InChI is InChI=1S/C36H27F3N2O3/c37-36(38,39)44-31-19-17-30(18-20-31)41-33(23-32(40-41)28-14-8-3-9-15-28)29-16-21-34(42-24-26-10-4-1-5-11-26)35(22-29)43-25-27-12-6-2-7-13-27/h1-23H,24-25H2. The maximum absolute atomic E-state index is 12.8. The van der Waals surface area contributed by atoms with Gasteiger partial charge in [0.1, 0.15) is 19.0 Å². The molecule has 0 aliphatic rings. The number of rotatable bonds is 10. The summed E-state index contributed by atoms with van der Waals surface area (Å²) in [7, 11) is 0. The summed E-state index contributed by atoms with van der Waals surface area (Å²) in [6.45, 7) is 0.700. The summed E-state index contributed by atoms with van der Waals surface area (Å²) in [5.74, 6) is 0.816. The minimum absolute atomic E-state index is 0.310. The van der Waals surface area contributed by atoms with Crippen LogP contribution in [0.2, 0.25) is 0 Å². The molecule has 220 valence electrons. The van der Waals surface area contributed by atoms with E-state index in [1.807, 2.05) is 115 Å². The molecule has 0 amide bonds. The van der Waals surface area contributed by atoms with Gasteiger partial charge in [0.25, 0.3) is 0 Å². The molecule has 0 bridgehead atoms. The van der Waals surface area contributed by atoms with Gasteiger partial charge in [-0.1, -0.05) is 91.0 Å². The predicted octanol–water partition coefficient (Wildman–Crippen LogP) is 9.26. The quantitative estimate of drug-likeness (QED) is 0.159. The number of hydrogen-bond donors (Lipinski definition) is 0. The van der Waals surface area contributed by atoms with Crippen LogP contribution in [0.3, 0.4) is 0 Å². The molecule has 0 atom stereocenters. The minimum atomic E-state index is -4.78. The smallest absolute Gasteiger partial charge is 0.485 e. The van der Waals surface area contributed by atoms with Crippen LogP contribution >= 0.6 is 0 Å². The van der Waals surface area contributed by atoms with E-state index in [1.165, 1.54) is 24.3 Å². The first-order chi connectivity index (χ1) is 21.4. The first-order valence-electron chi connectivity index (χ1n) is 13.9. The number of alkyl halides is 3. The van der Waals surface area contributed by atoms with Crippen molar-refractivity contribution in [3.05, 3.63) is 151 Å². The molecule has 0 saturated heterocycles. The second kappa shape index (κ2) is 12.8. The molecule has 6 aromatic rings. The highest BCUT2D eigenvalue weighted by Gasteiger charge is 2.31. The van der Waals surface area contributed by atoms with E-state index in [1.54, 1.807) is 4.68 Å². The predicted molar refractivity (Wildman–Crippen MR) is 163 cm³/mol. The molecule has 8 heteroatoms. The monoisotopic (exact) mass is 592 g/mol.